The van der Waals surface area contributed by atoms with Gasteiger partial charge in [0.05, 0.1) is 0 Å². The number of carbonyl (C=O) groups is 2. The van der Waals surface area contributed by atoms with Crippen LogP contribution in [0.1, 0.15) is 64.2 Å². The SMILES string of the molecule is O=C(O)C(CCCCCCCCCCCO)C(=O)O. The van der Waals surface area contributed by atoms with E-state index in [2.05, 4.69) is 0 Å². The van der Waals surface area contributed by atoms with E-state index in [4.69, 9.17) is 15.3 Å². The number of aliphatic carboxylic acids is 2. The van der Waals surface area contributed by atoms with Gasteiger partial charge in [-0.2, -0.15) is 0 Å². The van der Waals surface area contributed by atoms with Crippen molar-refractivity contribution in [3.8, 4) is 0 Å². The highest BCUT2D eigenvalue weighted by molar-refractivity contribution is 5.92. The van der Waals surface area contributed by atoms with Gasteiger partial charge < -0.3 is 15.3 Å². The molecule has 0 saturated carbocycles. The number of hydrogen-bond acceptors (Lipinski definition) is 3. The summed E-state index contributed by atoms with van der Waals surface area (Å²) in [5.74, 6) is -3.73. The maximum Gasteiger partial charge on any atom is 0.317 e. The summed E-state index contributed by atoms with van der Waals surface area (Å²) in [4.78, 5) is 21.3. The van der Waals surface area contributed by atoms with Crippen LogP contribution in [0.25, 0.3) is 0 Å². The Kier molecular flexibility index (Phi) is 11.3. The van der Waals surface area contributed by atoms with Gasteiger partial charge >= 0.3 is 11.9 Å². The number of unbranched alkanes of at least 4 members (excludes halogenated alkanes) is 8. The molecule has 3 N–H and O–H groups in total. The summed E-state index contributed by atoms with van der Waals surface area (Å²) in [6.45, 7) is 0.272. The fourth-order valence-corrected chi connectivity index (χ4v) is 2.05. The van der Waals surface area contributed by atoms with Crippen molar-refractivity contribution < 1.29 is 24.9 Å². The number of aliphatic hydroxyl groups is 1. The third-order valence-electron chi connectivity index (χ3n) is 3.25. The molecule has 19 heavy (non-hydrogen) atoms. The van der Waals surface area contributed by atoms with Crippen molar-refractivity contribution in [1.29, 1.82) is 0 Å². The Morgan fingerprint density at radius 3 is 1.42 bits per heavy atom. The summed E-state index contributed by atoms with van der Waals surface area (Å²) in [6.07, 6.45) is 9.37. The van der Waals surface area contributed by atoms with Gasteiger partial charge in [0.25, 0.3) is 0 Å². The van der Waals surface area contributed by atoms with Crippen molar-refractivity contribution in [2.24, 2.45) is 5.92 Å². The van der Waals surface area contributed by atoms with Crippen molar-refractivity contribution in [2.45, 2.75) is 64.2 Å². The lowest BCUT2D eigenvalue weighted by molar-refractivity contribution is -0.154. The summed E-state index contributed by atoms with van der Waals surface area (Å²) in [5, 5.41) is 26.0. The molecule has 0 saturated heterocycles. The molecule has 112 valence electrons. The van der Waals surface area contributed by atoms with E-state index in [0.29, 0.717) is 6.42 Å². The lowest BCUT2D eigenvalue weighted by Crippen LogP contribution is -2.23. The van der Waals surface area contributed by atoms with Gasteiger partial charge in [-0.15, -0.1) is 0 Å². The Balaban J connectivity index is 3.35. The van der Waals surface area contributed by atoms with E-state index in [-0.39, 0.29) is 13.0 Å². The molecule has 0 aliphatic heterocycles. The predicted molar refractivity (Wildman–Crippen MR) is 72.0 cm³/mol. The number of carboxylic acids is 2. The maximum absolute atomic E-state index is 10.6. The first kappa shape index (κ1) is 17.9. The highest BCUT2D eigenvalue weighted by Gasteiger charge is 2.24. The second-order valence-electron chi connectivity index (χ2n) is 4.92. The number of aliphatic hydroxyl groups excluding tert-OH is 1. The van der Waals surface area contributed by atoms with E-state index in [1.165, 1.54) is 6.42 Å². The van der Waals surface area contributed by atoms with Gasteiger partial charge in [0.15, 0.2) is 5.92 Å². The van der Waals surface area contributed by atoms with Crippen molar-refractivity contribution in [3.63, 3.8) is 0 Å². The average Bonchev–Trinajstić information content (AvgIpc) is 2.35. The Bertz CT molecular complexity index is 238. The quantitative estimate of drug-likeness (QED) is 0.354. The van der Waals surface area contributed by atoms with E-state index < -0.39 is 17.9 Å². The van der Waals surface area contributed by atoms with Crippen LogP contribution in [0, 0.1) is 5.92 Å². The van der Waals surface area contributed by atoms with Crippen LogP contribution >= 0.6 is 0 Å². The smallest absolute Gasteiger partial charge is 0.317 e. The van der Waals surface area contributed by atoms with Crippen molar-refractivity contribution in [1.82, 2.24) is 0 Å². The van der Waals surface area contributed by atoms with Crippen molar-refractivity contribution >= 4 is 11.9 Å². The molecule has 0 radical (unpaired) electrons. The third-order valence-corrected chi connectivity index (χ3v) is 3.25. The van der Waals surface area contributed by atoms with E-state index in [9.17, 15) is 9.59 Å². The van der Waals surface area contributed by atoms with E-state index in [1.807, 2.05) is 0 Å². The molecule has 0 rings (SSSR count). The number of carboxylic acid groups (broad SMARTS) is 2. The summed E-state index contributed by atoms with van der Waals surface area (Å²) in [5.41, 5.74) is 0. The minimum atomic E-state index is -1.25. The van der Waals surface area contributed by atoms with Crippen LogP contribution in [-0.2, 0) is 9.59 Å². The van der Waals surface area contributed by atoms with Crippen molar-refractivity contribution in [3.05, 3.63) is 0 Å². The molecular formula is C14H26O5. The van der Waals surface area contributed by atoms with Crippen LogP contribution in [0.2, 0.25) is 0 Å². The van der Waals surface area contributed by atoms with Crippen LogP contribution in [-0.4, -0.2) is 33.9 Å². The third kappa shape index (κ3) is 10.5. The van der Waals surface area contributed by atoms with E-state index in [1.54, 1.807) is 0 Å². The Morgan fingerprint density at radius 2 is 1.05 bits per heavy atom. The van der Waals surface area contributed by atoms with Crippen LogP contribution in [0.5, 0.6) is 0 Å². The van der Waals surface area contributed by atoms with Gasteiger partial charge in [0, 0.05) is 6.61 Å². The maximum atomic E-state index is 10.6. The molecular weight excluding hydrogens is 248 g/mol. The highest BCUT2D eigenvalue weighted by atomic mass is 16.4. The van der Waals surface area contributed by atoms with Crippen LogP contribution in [0.3, 0.4) is 0 Å². The fourth-order valence-electron chi connectivity index (χ4n) is 2.05. The molecule has 5 heteroatoms. The lowest BCUT2D eigenvalue weighted by atomic mass is 10.00. The molecule has 0 atom stereocenters. The molecule has 0 bridgehead atoms. The summed E-state index contributed by atoms with van der Waals surface area (Å²) in [6, 6.07) is 0. The molecule has 5 nitrogen and oxygen atoms in total. The first-order valence-corrected chi connectivity index (χ1v) is 7.16. The molecule has 0 heterocycles. The van der Waals surface area contributed by atoms with Gasteiger partial charge in [0.2, 0.25) is 0 Å². The normalized spacial score (nSPS) is 10.8. The first-order valence-electron chi connectivity index (χ1n) is 7.16. The van der Waals surface area contributed by atoms with Gasteiger partial charge in [-0.05, 0) is 12.8 Å². The average molecular weight is 274 g/mol. The van der Waals surface area contributed by atoms with Gasteiger partial charge in [-0.25, -0.2) is 0 Å². The monoisotopic (exact) mass is 274 g/mol. The molecule has 0 aliphatic rings. The largest absolute Gasteiger partial charge is 0.481 e. The fraction of sp³-hybridized carbons (Fsp3) is 0.857. The standard InChI is InChI=1S/C14H26O5/c15-11-9-7-5-3-1-2-4-6-8-10-12(13(16)17)14(18)19/h12,15H,1-11H2,(H,16,17)(H,18,19). The summed E-state index contributed by atoms with van der Waals surface area (Å²) < 4.78 is 0. The Hall–Kier alpha value is -1.10. The van der Waals surface area contributed by atoms with Gasteiger partial charge in [0.1, 0.15) is 0 Å². The van der Waals surface area contributed by atoms with Crippen LogP contribution in [0.15, 0.2) is 0 Å². The van der Waals surface area contributed by atoms with Crippen LogP contribution < -0.4 is 0 Å². The molecule has 0 aromatic carbocycles. The second-order valence-corrected chi connectivity index (χ2v) is 4.92. The van der Waals surface area contributed by atoms with Gasteiger partial charge in [-0.1, -0.05) is 51.4 Å². The van der Waals surface area contributed by atoms with Gasteiger partial charge in [-0.3, -0.25) is 9.59 Å². The number of hydrogen-bond donors (Lipinski definition) is 3. The molecule has 0 spiro atoms. The zero-order valence-corrected chi connectivity index (χ0v) is 11.5. The second kappa shape index (κ2) is 12.0. The minimum absolute atomic E-state index is 0.223. The Morgan fingerprint density at radius 1 is 0.684 bits per heavy atom. The van der Waals surface area contributed by atoms with E-state index >= 15 is 0 Å². The lowest BCUT2D eigenvalue weighted by Gasteiger charge is -2.06. The van der Waals surface area contributed by atoms with Crippen molar-refractivity contribution in [2.75, 3.05) is 6.61 Å². The Labute approximate surface area is 114 Å². The molecule has 0 aromatic heterocycles. The zero-order chi connectivity index (χ0) is 14.5. The summed E-state index contributed by atoms with van der Waals surface area (Å²) >= 11 is 0. The topological polar surface area (TPSA) is 94.8 Å². The molecule has 0 aromatic rings. The molecule has 0 aliphatic carbocycles. The predicted octanol–water partition coefficient (Wildman–Crippen LogP) is 2.67. The minimum Gasteiger partial charge on any atom is -0.481 e. The number of rotatable bonds is 13. The molecule has 0 unspecified atom stereocenters. The van der Waals surface area contributed by atoms with E-state index in [0.717, 1.165) is 44.9 Å². The first-order chi connectivity index (χ1) is 9.09. The van der Waals surface area contributed by atoms with Crippen LogP contribution in [0.4, 0.5) is 0 Å². The molecule has 0 amide bonds. The molecule has 0 fully saturated rings. The summed E-state index contributed by atoms with van der Waals surface area (Å²) in [7, 11) is 0. The highest BCUT2D eigenvalue weighted by Crippen LogP contribution is 2.14. The zero-order valence-electron chi connectivity index (χ0n) is 11.5.